The monoisotopic (exact) mass is 504 g/mol. The standard InChI is InChI=1S/C25H18F2N6O2S/c1-14-8-18(13-30-21(14)28-2)32-23(35)25(6-3-7-25)33(24(32)36)17-4-5-19(20(27)10-17)22(34)31-16-9-15(26)11-29-12-16/h4-5,8-13H,3,6-7H2,1H3,(H,31,34). The number of nitrogens with one attached hydrogen (secondary N) is 1. The van der Waals surface area contributed by atoms with Gasteiger partial charge < -0.3 is 15.1 Å². The van der Waals surface area contributed by atoms with Gasteiger partial charge in [0.05, 0.1) is 29.3 Å². The molecule has 180 valence electrons. The van der Waals surface area contributed by atoms with E-state index in [1.165, 1.54) is 29.4 Å². The third kappa shape index (κ3) is 3.67. The van der Waals surface area contributed by atoms with Crippen molar-refractivity contribution in [1.82, 2.24) is 9.97 Å². The molecule has 11 heteroatoms. The van der Waals surface area contributed by atoms with Gasteiger partial charge in [-0.05, 0) is 68.2 Å². The van der Waals surface area contributed by atoms with E-state index in [-0.39, 0.29) is 28.1 Å². The van der Waals surface area contributed by atoms with Crippen LogP contribution in [0.3, 0.4) is 0 Å². The molecule has 36 heavy (non-hydrogen) atoms. The van der Waals surface area contributed by atoms with Gasteiger partial charge in [-0.25, -0.2) is 8.78 Å². The maximum absolute atomic E-state index is 15.1. The average molecular weight is 505 g/mol. The molecular weight excluding hydrogens is 486 g/mol. The lowest BCUT2D eigenvalue weighted by Gasteiger charge is -2.43. The van der Waals surface area contributed by atoms with Crippen molar-refractivity contribution in [3.63, 3.8) is 0 Å². The van der Waals surface area contributed by atoms with Gasteiger partial charge in [-0.2, -0.15) is 0 Å². The van der Waals surface area contributed by atoms with Gasteiger partial charge in [-0.1, -0.05) is 6.57 Å². The van der Waals surface area contributed by atoms with Gasteiger partial charge in [0, 0.05) is 11.8 Å². The summed E-state index contributed by atoms with van der Waals surface area (Å²) in [6.45, 7) is 8.92. The van der Waals surface area contributed by atoms with E-state index in [1.807, 2.05) is 0 Å². The molecule has 0 radical (unpaired) electrons. The molecule has 1 aromatic carbocycles. The number of thiocarbonyl (C=S) groups is 1. The highest BCUT2D eigenvalue weighted by Gasteiger charge is 2.59. The smallest absolute Gasteiger partial charge is 0.272 e. The number of rotatable bonds is 4. The summed E-state index contributed by atoms with van der Waals surface area (Å²) in [5.41, 5.74) is 0.255. The highest BCUT2D eigenvalue weighted by Crippen LogP contribution is 2.48. The fourth-order valence-electron chi connectivity index (χ4n) is 4.51. The van der Waals surface area contributed by atoms with Crippen LogP contribution in [0.5, 0.6) is 0 Å². The van der Waals surface area contributed by atoms with Crippen molar-refractivity contribution in [3.05, 3.63) is 83.1 Å². The quantitative estimate of drug-likeness (QED) is 0.401. The first-order valence-corrected chi connectivity index (χ1v) is 11.4. The van der Waals surface area contributed by atoms with Gasteiger partial charge in [0.2, 0.25) is 0 Å². The highest BCUT2D eigenvalue weighted by atomic mass is 32.1. The molecule has 3 heterocycles. The molecule has 0 bridgehead atoms. The van der Waals surface area contributed by atoms with Crippen LogP contribution in [0.2, 0.25) is 0 Å². The summed E-state index contributed by atoms with van der Waals surface area (Å²) < 4.78 is 28.5. The Morgan fingerprint density at radius 3 is 2.56 bits per heavy atom. The second kappa shape index (κ2) is 8.73. The summed E-state index contributed by atoms with van der Waals surface area (Å²) >= 11 is 5.68. The summed E-state index contributed by atoms with van der Waals surface area (Å²) in [5.74, 6) is -2.24. The van der Waals surface area contributed by atoms with E-state index >= 15 is 4.39 Å². The van der Waals surface area contributed by atoms with Gasteiger partial charge in [0.1, 0.15) is 23.4 Å². The average Bonchev–Trinajstić information content (AvgIpc) is 3.05. The molecule has 1 saturated carbocycles. The van der Waals surface area contributed by atoms with Crippen LogP contribution in [0.25, 0.3) is 4.85 Å². The number of carbonyl (C=O) groups is 2. The van der Waals surface area contributed by atoms with Gasteiger partial charge in [0.25, 0.3) is 17.6 Å². The number of amides is 2. The third-order valence-corrected chi connectivity index (χ3v) is 6.78. The van der Waals surface area contributed by atoms with E-state index < -0.39 is 23.1 Å². The van der Waals surface area contributed by atoms with Gasteiger partial charge >= 0.3 is 0 Å². The molecule has 2 aliphatic rings. The number of hydrogen-bond donors (Lipinski definition) is 1. The van der Waals surface area contributed by atoms with Crippen molar-refractivity contribution in [2.24, 2.45) is 0 Å². The third-order valence-electron chi connectivity index (χ3n) is 6.41. The largest absolute Gasteiger partial charge is 0.360 e. The SMILES string of the molecule is [C-]#[N+]c1ncc(N2C(=O)C3(CCC3)N(c3ccc(C(=O)Nc4cncc(F)c4)c(F)c3)C2=S)cc1C. The number of benzene rings is 1. The Kier molecular flexibility index (Phi) is 5.68. The molecule has 1 spiro atoms. The van der Waals surface area contributed by atoms with Crippen LogP contribution in [0.4, 0.5) is 31.7 Å². The Bertz CT molecular complexity index is 1480. The van der Waals surface area contributed by atoms with Crippen LogP contribution in [0.15, 0.2) is 48.9 Å². The number of aromatic nitrogens is 2. The first-order valence-electron chi connectivity index (χ1n) is 11.0. The fraction of sp³-hybridized carbons (Fsp3) is 0.200. The van der Waals surface area contributed by atoms with E-state index in [0.717, 1.165) is 24.8 Å². The number of halogens is 2. The summed E-state index contributed by atoms with van der Waals surface area (Å²) in [4.78, 5) is 40.3. The number of nitrogens with zero attached hydrogens (tertiary/aromatic N) is 5. The first kappa shape index (κ1) is 23.4. The zero-order valence-corrected chi connectivity index (χ0v) is 19.8. The topological polar surface area (TPSA) is 82.8 Å². The van der Waals surface area contributed by atoms with E-state index in [0.29, 0.717) is 29.8 Å². The van der Waals surface area contributed by atoms with Crippen LogP contribution in [-0.2, 0) is 4.79 Å². The van der Waals surface area contributed by atoms with Crippen molar-refractivity contribution >= 4 is 52.0 Å². The van der Waals surface area contributed by atoms with Crippen molar-refractivity contribution in [1.29, 1.82) is 0 Å². The van der Waals surface area contributed by atoms with E-state index in [4.69, 9.17) is 18.8 Å². The fourth-order valence-corrected chi connectivity index (χ4v) is 4.97. The molecule has 8 nitrogen and oxygen atoms in total. The van der Waals surface area contributed by atoms with Crippen LogP contribution in [-0.4, -0.2) is 32.4 Å². The lowest BCUT2D eigenvalue weighted by atomic mass is 9.75. The summed E-state index contributed by atoms with van der Waals surface area (Å²) in [6.07, 6.45) is 5.53. The molecule has 0 atom stereocenters. The Hall–Kier alpha value is -4.30. The molecule has 1 aliphatic carbocycles. The molecule has 1 saturated heterocycles. The Morgan fingerprint density at radius 1 is 1.17 bits per heavy atom. The second-order valence-corrected chi connectivity index (χ2v) is 8.96. The summed E-state index contributed by atoms with van der Waals surface area (Å²) in [7, 11) is 0. The Balaban J connectivity index is 1.47. The van der Waals surface area contributed by atoms with Crippen molar-refractivity contribution in [3.8, 4) is 0 Å². The van der Waals surface area contributed by atoms with Crippen molar-refractivity contribution in [2.75, 3.05) is 15.1 Å². The predicted octanol–water partition coefficient (Wildman–Crippen LogP) is 4.93. The lowest BCUT2D eigenvalue weighted by molar-refractivity contribution is -0.123. The van der Waals surface area contributed by atoms with Crippen LogP contribution in [0, 0.1) is 25.1 Å². The first-order chi connectivity index (χ1) is 17.2. The molecule has 3 aromatic rings. The molecule has 2 amide bonds. The second-order valence-electron chi connectivity index (χ2n) is 8.60. The minimum atomic E-state index is -0.951. The molecular formula is C25H18F2N6O2S. The molecule has 1 aliphatic heterocycles. The van der Waals surface area contributed by atoms with Crippen LogP contribution in [0.1, 0.15) is 35.2 Å². The van der Waals surface area contributed by atoms with Gasteiger partial charge in [-0.3, -0.25) is 19.5 Å². The number of pyridine rings is 2. The lowest BCUT2D eigenvalue weighted by Crippen LogP contribution is -2.55. The Labute approximate surface area is 210 Å². The maximum Gasteiger partial charge on any atom is 0.272 e. The van der Waals surface area contributed by atoms with Gasteiger partial charge in [-0.15, -0.1) is 4.98 Å². The minimum absolute atomic E-state index is 0.0898. The van der Waals surface area contributed by atoms with Crippen molar-refractivity contribution in [2.45, 2.75) is 31.7 Å². The number of hydrogen-bond acceptors (Lipinski definition) is 5. The summed E-state index contributed by atoms with van der Waals surface area (Å²) in [5, 5.41) is 2.58. The highest BCUT2D eigenvalue weighted by molar-refractivity contribution is 7.81. The molecule has 0 unspecified atom stereocenters. The van der Waals surface area contributed by atoms with E-state index in [1.54, 1.807) is 17.9 Å². The molecule has 1 N–H and O–H groups in total. The Morgan fingerprint density at radius 2 is 1.94 bits per heavy atom. The molecule has 5 rings (SSSR count). The summed E-state index contributed by atoms with van der Waals surface area (Å²) in [6, 6.07) is 6.73. The van der Waals surface area contributed by atoms with E-state index in [2.05, 4.69) is 20.1 Å². The zero-order chi connectivity index (χ0) is 25.6. The maximum atomic E-state index is 15.1. The normalized spacial score (nSPS) is 16.2. The zero-order valence-electron chi connectivity index (χ0n) is 19.0. The van der Waals surface area contributed by atoms with Crippen molar-refractivity contribution < 1.29 is 18.4 Å². The molecule has 2 aromatic heterocycles. The van der Waals surface area contributed by atoms with Crippen LogP contribution >= 0.6 is 12.2 Å². The van der Waals surface area contributed by atoms with Crippen LogP contribution < -0.4 is 15.1 Å². The number of anilines is 3. The van der Waals surface area contributed by atoms with E-state index in [9.17, 15) is 14.0 Å². The molecule has 2 fully saturated rings. The van der Waals surface area contributed by atoms with Gasteiger partial charge in [0.15, 0.2) is 5.11 Å². The number of carbonyl (C=O) groups excluding carboxylic acids is 2. The predicted molar refractivity (Wildman–Crippen MR) is 133 cm³/mol. The minimum Gasteiger partial charge on any atom is -0.360 e. The number of aryl methyl sites for hydroxylation is 1.